The van der Waals surface area contributed by atoms with Crippen molar-refractivity contribution in [2.24, 2.45) is 0 Å². The molecular formula is C10H14O9. The molecule has 1 unspecified atom stereocenters. The van der Waals surface area contributed by atoms with E-state index in [9.17, 15) is 24.3 Å². The van der Waals surface area contributed by atoms with Gasteiger partial charge in [0.05, 0.1) is 12.8 Å². The van der Waals surface area contributed by atoms with Crippen molar-refractivity contribution in [3.8, 4) is 0 Å². The van der Waals surface area contributed by atoms with Gasteiger partial charge in [0.1, 0.15) is 0 Å². The first-order valence-electron chi connectivity index (χ1n) is 5.03. The van der Waals surface area contributed by atoms with Crippen LogP contribution in [0.4, 0.5) is 0 Å². The number of carboxylic acids is 3. The van der Waals surface area contributed by atoms with Gasteiger partial charge in [0.25, 0.3) is 0 Å². The number of carbonyl (C=O) groups excluding carboxylic acids is 1. The molecule has 0 fully saturated rings. The van der Waals surface area contributed by atoms with E-state index in [0.29, 0.717) is 0 Å². The van der Waals surface area contributed by atoms with Crippen molar-refractivity contribution in [2.45, 2.75) is 37.9 Å². The molecule has 0 spiro atoms. The standard InChI is InChI=1S/C10H14O9/c1-9(18,3-5(11)12)8(17)19-10(2,7(15)16)4-6(13)14/h18H,3-4H2,1-2H3,(H,11,12)(H,13,14)(H,15,16)/t9?,10-/m0/s1. The quantitative estimate of drug-likeness (QED) is 0.431. The predicted octanol–water partition coefficient (Wildman–Crippen LogP) is -0.927. The van der Waals surface area contributed by atoms with E-state index in [0.717, 1.165) is 13.8 Å². The average Bonchev–Trinajstić information content (AvgIpc) is 2.13. The lowest BCUT2D eigenvalue weighted by molar-refractivity contribution is -0.193. The molecule has 9 nitrogen and oxygen atoms in total. The number of esters is 1. The van der Waals surface area contributed by atoms with Crippen molar-refractivity contribution in [3.63, 3.8) is 0 Å². The molecular weight excluding hydrogens is 264 g/mol. The molecule has 0 aromatic rings. The summed E-state index contributed by atoms with van der Waals surface area (Å²) in [5, 5.41) is 35.4. The number of aliphatic hydroxyl groups is 1. The number of hydrogen-bond donors (Lipinski definition) is 4. The summed E-state index contributed by atoms with van der Waals surface area (Å²) in [6.07, 6.45) is -2.04. The van der Waals surface area contributed by atoms with Gasteiger partial charge in [0.2, 0.25) is 5.60 Å². The van der Waals surface area contributed by atoms with E-state index < -0.39 is 47.9 Å². The summed E-state index contributed by atoms with van der Waals surface area (Å²) in [6, 6.07) is 0. The van der Waals surface area contributed by atoms with Crippen LogP contribution in [-0.2, 0) is 23.9 Å². The molecule has 0 heterocycles. The van der Waals surface area contributed by atoms with Gasteiger partial charge in [-0.05, 0) is 13.8 Å². The summed E-state index contributed by atoms with van der Waals surface area (Å²) in [5.74, 6) is -6.29. The fraction of sp³-hybridized carbons (Fsp3) is 0.600. The highest BCUT2D eigenvalue weighted by atomic mass is 16.6. The van der Waals surface area contributed by atoms with Crippen molar-refractivity contribution < 1.29 is 44.3 Å². The third kappa shape index (κ3) is 4.92. The topological polar surface area (TPSA) is 158 Å². The first-order chi connectivity index (χ1) is 8.40. The van der Waals surface area contributed by atoms with Crippen molar-refractivity contribution in [1.82, 2.24) is 0 Å². The average molecular weight is 278 g/mol. The zero-order valence-corrected chi connectivity index (χ0v) is 10.2. The van der Waals surface area contributed by atoms with Crippen molar-refractivity contribution >= 4 is 23.9 Å². The summed E-state index contributed by atoms with van der Waals surface area (Å²) in [4.78, 5) is 43.3. The lowest BCUT2D eigenvalue weighted by Gasteiger charge is -2.28. The Morgan fingerprint density at radius 2 is 1.37 bits per heavy atom. The molecule has 2 atom stereocenters. The van der Waals surface area contributed by atoms with Crippen LogP contribution in [0.1, 0.15) is 26.7 Å². The van der Waals surface area contributed by atoms with Crippen molar-refractivity contribution in [2.75, 3.05) is 0 Å². The Hall–Kier alpha value is -2.16. The molecule has 19 heavy (non-hydrogen) atoms. The maximum Gasteiger partial charge on any atom is 0.348 e. The van der Waals surface area contributed by atoms with Gasteiger partial charge in [0, 0.05) is 0 Å². The molecule has 0 aliphatic heterocycles. The molecule has 108 valence electrons. The molecule has 9 heteroatoms. The lowest BCUT2D eigenvalue weighted by atomic mass is 9.99. The Labute approximate surface area is 107 Å². The Morgan fingerprint density at radius 3 is 1.68 bits per heavy atom. The predicted molar refractivity (Wildman–Crippen MR) is 57.3 cm³/mol. The summed E-state index contributed by atoms with van der Waals surface area (Å²) in [6.45, 7) is 1.66. The van der Waals surface area contributed by atoms with E-state index in [2.05, 4.69) is 4.74 Å². The summed E-state index contributed by atoms with van der Waals surface area (Å²) in [5.41, 5.74) is -4.85. The van der Waals surface area contributed by atoms with Crippen LogP contribution in [0.25, 0.3) is 0 Å². The Bertz CT molecular complexity index is 411. The molecule has 0 rings (SSSR count). The summed E-state index contributed by atoms with van der Waals surface area (Å²) < 4.78 is 4.44. The smallest absolute Gasteiger partial charge is 0.348 e. The van der Waals surface area contributed by atoms with E-state index in [4.69, 9.17) is 15.3 Å². The number of rotatable bonds is 7. The lowest BCUT2D eigenvalue weighted by Crippen LogP contribution is -2.48. The highest BCUT2D eigenvalue weighted by Gasteiger charge is 2.45. The molecule has 0 radical (unpaired) electrons. The fourth-order valence-corrected chi connectivity index (χ4v) is 1.13. The van der Waals surface area contributed by atoms with Gasteiger partial charge >= 0.3 is 23.9 Å². The number of hydrogen-bond acceptors (Lipinski definition) is 6. The number of aliphatic carboxylic acids is 3. The van der Waals surface area contributed by atoms with E-state index in [-0.39, 0.29) is 0 Å². The highest BCUT2D eigenvalue weighted by Crippen LogP contribution is 2.21. The van der Waals surface area contributed by atoms with E-state index in [1.807, 2.05) is 0 Å². The molecule has 0 aromatic heterocycles. The zero-order valence-electron chi connectivity index (χ0n) is 10.2. The second-order valence-corrected chi connectivity index (χ2v) is 4.34. The maximum atomic E-state index is 11.5. The van der Waals surface area contributed by atoms with Gasteiger partial charge in [-0.25, -0.2) is 9.59 Å². The molecule has 0 aliphatic carbocycles. The first kappa shape index (κ1) is 16.8. The summed E-state index contributed by atoms with van der Waals surface area (Å²) in [7, 11) is 0. The number of ether oxygens (including phenoxy) is 1. The second kappa shape index (κ2) is 5.65. The second-order valence-electron chi connectivity index (χ2n) is 4.34. The van der Waals surface area contributed by atoms with E-state index in [1.165, 1.54) is 0 Å². The van der Waals surface area contributed by atoms with Gasteiger partial charge in [-0.3, -0.25) is 9.59 Å². The monoisotopic (exact) mass is 278 g/mol. The van der Waals surface area contributed by atoms with Gasteiger partial charge in [-0.15, -0.1) is 0 Å². The van der Waals surface area contributed by atoms with Crippen LogP contribution in [-0.4, -0.2) is 55.5 Å². The van der Waals surface area contributed by atoms with Crippen LogP contribution in [0, 0.1) is 0 Å². The van der Waals surface area contributed by atoms with E-state index >= 15 is 0 Å². The zero-order chi connectivity index (χ0) is 15.4. The molecule has 0 aliphatic rings. The molecule has 4 N–H and O–H groups in total. The van der Waals surface area contributed by atoms with Crippen LogP contribution < -0.4 is 0 Å². The third-order valence-corrected chi connectivity index (χ3v) is 2.19. The molecule has 0 bridgehead atoms. The van der Waals surface area contributed by atoms with Gasteiger partial charge in [-0.2, -0.15) is 0 Å². The normalized spacial score (nSPS) is 16.8. The van der Waals surface area contributed by atoms with Crippen molar-refractivity contribution in [1.29, 1.82) is 0 Å². The highest BCUT2D eigenvalue weighted by molar-refractivity contribution is 5.90. The van der Waals surface area contributed by atoms with Crippen molar-refractivity contribution in [3.05, 3.63) is 0 Å². The minimum atomic E-state index is -2.46. The fourth-order valence-electron chi connectivity index (χ4n) is 1.13. The molecule has 0 aromatic carbocycles. The molecule has 0 saturated heterocycles. The van der Waals surface area contributed by atoms with Crippen LogP contribution in [0.15, 0.2) is 0 Å². The van der Waals surface area contributed by atoms with Crippen LogP contribution in [0.3, 0.4) is 0 Å². The number of carbonyl (C=O) groups is 4. The Morgan fingerprint density at radius 1 is 0.947 bits per heavy atom. The SMILES string of the molecule is CC(O)(CC(=O)O)C(=O)O[C@@](C)(CC(=O)O)C(=O)O. The minimum absolute atomic E-state index is 0.826. The molecule has 0 amide bonds. The van der Waals surface area contributed by atoms with Gasteiger partial charge < -0.3 is 25.2 Å². The van der Waals surface area contributed by atoms with Gasteiger partial charge in [0.15, 0.2) is 5.60 Å². The Kier molecular flexibility index (Phi) is 5.01. The first-order valence-corrected chi connectivity index (χ1v) is 5.03. The third-order valence-electron chi connectivity index (χ3n) is 2.19. The van der Waals surface area contributed by atoms with Crippen LogP contribution >= 0.6 is 0 Å². The largest absolute Gasteiger partial charge is 0.481 e. The summed E-state index contributed by atoms with van der Waals surface area (Å²) >= 11 is 0. The van der Waals surface area contributed by atoms with Crippen LogP contribution in [0.2, 0.25) is 0 Å². The maximum absolute atomic E-state index is 11.5. The van der Waals surface area contributed by atoms with E-state index in [1.54, 1.807) is 0 Å². The van der Waals surface area contributed by atoms with Gasteiger partial charge in [-0.1, -0.05) is 0 Å². The minimum Gasteiger partial charge on any atom is -0.481 e. The van der Waals surface area contributed by atoms with Crippen LogP contribution in [0.5, 0.6) is 0 Å². The molecule has 0 saturated carbocycles. The Balaban J connectivity index is 5.06. The number of carboxylic acid groups (broad SMARTS) is 3.